The molecule has 3 nitrogen and oxygen atoms in total. The number of hydrogen-bond acceptors (Lipinski definition) is 2. The molecule has 1 aliphatic carbocycles. The van der Waals surface area contributed by atoms with E-state index in [4.69, 9.17) is 0 Å². The van der Waals surface area contributed by atoms with Crippen LogP contribution in [0.2, 0.25) is 0 Å². The van der Waals surface area contributed by atoms with Crippen LogP contribution in [-0.2, 0) is 4.79 Å². The lowest BCUT2D eigenvalue weighted by Gasteiger charge is -2.30. The molecule has 0 heterocycles. The van der Waals surface area contributed by atoms with Gasteiger partial charge in [-0.05, 0) is 55.9 Å². The lowest BCUT2D eigenvalue weighted by atomic mass is 9.86. The summed E-state index contributed by atoms with van der Waals surface area (Å²) in [5.41, 5.74) is 3.58. The molecule has 3 heteroatoms. The molecule has 0 aliphatic heterocycles. The zero-order valence-corrected chi connectivity index (χ0v) is 13.8. The van der Waals surface area contributed by atoms with E-state index >= 15 is 0 Å². The van der Waals surface area contributed by atoms with Crippen molar-refractivity contribution in [1.82, 2.24) is 5.32 Å². The second kappa shape index (κ2) is 6.97. The summed E-state index contributed by atoms with van der Waals surface area (Å²) in [6, 6.07) is 6.77. The number of aryl methyl sites for hydroxylation is 2. The van der Waals surface area contributed by atoms with Gasteiger partial charge in [0.2, 0.25) is 5.91 Å². The van der Waals surface area contributed by atoms with E-state index in [1.807, 2.05) is 11.9 Å². The molecule has 0 saturated heterocycles. The van der Waals surface area contributed by atoms with E-state index in [1.54, 1.807) is 0 Å². The Bertz CT molecular complexity index is 478. The topological polar surface area (TPSA) is 32.3 Å². The summed E-state index contributed by atoms with van der Waals surface area (Å²) < 4.78 is 0. The van der Waals surface area contributed by atoms with Gasteiger partial charge in [-0.2, -0.15) is 0 Å². The number of carbonyl (C=O) groups is 1. The van der Waals surface area contributed by atoms with Gasteiger partial charge in [0.1, 0.15) is 0 Å². The van der Waals surface area contributed by atoms with Crippen LogP contribution in [0, 0.1) is 19.8 Å². The first-order valence-electron chi connectivity index (χ1n) is 8.04. The second-order valence-corrected chi connectivity index (χ2v) is 6.64. The Labute approximate surface area is 128 Å². The number of amides is 1. The van der Waals surface area contributed by atoms with E-state index in [0.717, 1.165) is 12.1 Å². The van der Waals surface area contributed by atoms with E-state index in [-0.39, 0.29) is 5.91 Å². The monoisotopic (exact) mass is 288 g/mol. The van der Waals surface area contributed by atoms with E-state index < -0.39 is 0 Å². The number of benzene rings is 1. The lowest BCUT2D eigenvalue weighted by Crippen LogP contribution is -2.45. The molecule has 1 saturated carbocycles. The number of carbonyl (C=O) groups excluding carboxylic acids is 1. The van der Waals surface area contributed by atoms with Crippen molar-refractivity contribution in [3.8, 4) is 0 Å². The van der Waals surface area contributed by atoms with Gasteiger partial charge in [0.05, 0.1) is 6.54 Å². The highest BCUT2D eigenvalue weighted by atomic mass is 16.2. The Kier molecular flexibility index (Phi) is 5.27. The van der Waals surface area contributed by atoms with Gasteiger partial charge >= 0.3 is 0 Å². The minimum Gasteiger partial charge on any atom is -0.365 e. The third kappa shape index (κ3) is 4.48. The fraction of sp³-hybridized carbons (Fsp3) is 0.611. The van der Waals surface area contributed by atoms with Crippen LogP contribution in [0.1, 0.15) is 43.7 Å². The summed E-state index contributed by atoms with van der Waals surface area (Å²) in [6.45, 7) is 6.85. The Morgan fingerprint density at radius 3 is 2.43 bits per heavy atom. The highest BCUT2D eigenvalue weighted by Crippen LogP contribution is 2.23. The summed E-state index contributed by atoms with van der Waals surface area (Å²) in [5, 5.41) is 3.22. The minimum atomic E-state index is 0.135. The molecule has 1 aromatic rings. The normalized spacial score (nSPS) is 21.9. The zero-order valence-electron chi connectivity index (χ0n) is 13.8. The Morgan fingerprint density at radius 2 is 1.81 bits per heavy atom. The van der Waals surface area contributed by atoms with E-state index in [9.17, 15) is 4.79 Å². The minimum absolute atomic E-state index is 0.135. The van der Waals surface area contributed by atoms with Gasteiger partial charge in [-0.25, -0.2) is 0 Å². The molecule has 1 N–H and O–H groups in total. The number of likely N-dealkylation sites (N-methyl/N-ethyl adjacent to an activating group) is 1. The molecule has 0 aromatic heterocycles. The second-order valence-electron chi connectivity index (χ2n) is 6.64. The molecule has 0 spiro atoms. The maximum atomic E-state index is 12.3. The van der Waals surface area contributed by atoms with Gasteiger partial charge in [-0.15, -0.1) is 0 Å². The molecule has 116 valence electrons. The van der Waals surface area contributed by atoms with Crippen LogP contribution in [0.3, 0.4) is 0 Å². The largest absolute Gasteiger partial charge is 0.365 e. The summed E-state index contributed by atoms with van der Waals surface area (Å²) in [7, 11) is 1.98. The number of hydrogen-bond donors (Lipinski definition) is 1. The van der Waals surface area contributed by atoms with Gasteiger partial charge in [-0.1, -0.05) is 25.8 Å². The van der Waals surface area contributed by atoms with E-state index in [0.29, 0.717) is 18.5 Å². The molecule has 0 bridgehead atoms. The smallest absolute Gasteiger partial charge is 0.239 e. The van der Waals surface area contributed by atoms with Gasteiger partial charge in [0.15, 0.2) is 0 Å². The molecule has 1 aromatic carbocycles. The van der Waals surface area contributed by atoms with Crippen LogP contribution >= 0.6 is 0 Å². The summed E-state index contributed by atoms with van der Waals surface area (Å²) in [6.07, 6.45) is 4.90. The Hall–Kier alpha value is -1.51. The molecular formula is C18H28N2O. The summed E-state index contributed by atoms with van der Waals surface area (Å²) in [5.74, 6) is 0.740. The molecule has 1 fully saturated rings. The summed E-state index contributed by atoms with van der Waals surface area (Å²) >= 11 is 0. The molecule has 2 rings (SSSR count). The average Bonchev–Trinajstić information content (AvgIpc) is 2.40. The highest BCUT2D eigenvalue weighted by Gasteiger charge is 2.23. The zero-order chi connectivity index (χ0) is 15.4. The SMILES string of the molecule is Cc1cc(C)cc(N(C)CC(=O)NC2CCCCC2C)c1. The molecule has 2 unspecified atom stereocenters. The third-order valence-corrected chi connectivity index (χ3v) is 4.49. The average molecular weight is 288 g/mol. The van der Waals surface area contributed by atoms with Crippen molar-refractivity contribution >= 4 is 11.6 Å². The van der Waals surface area contributed by atoms with Crippen LogP contribution in [0.15, 0.2) is 18.2 Å². The first-order valence-corrected chi connectivity index (χ1v) is 8.04. The molecule has 21 heavy (non-hydrogen) atoms. The van der Waals surface area contributed by atoms with Crippen molar-refractivity contribution in [3.05, 3.63) is 29.3 Å². The first kappa shape index (κ1) is 15.9. The number of anilines is 1. The van der Waals surface area contributed by atoms with Crippen LogP contribution in [-0.4, -0.2) is 25.5 Å². The lowest BCUT2D eigenvalue weighted by molar-refractivity contribution is -0.121. The van der Waals surface area contributed by atoms with Crippen molar-refractivity contribution in [3.63, 3.8) is 0 Å². The summed E-state index contributed by atoms with van der Waals surface area (Å²) in [4.78, 5) is 14.3. The van der Waals surface area contributed by atoms with E-state index in [2.05, 4.69) is 44.3 Å². The van der Waals surface area contributed by atoms with Crippen molar-refractivity contribution in [2.24, 2.45) is 5.92 Å². The van der Waals surface area contributed by atoms with Gasteiger partial charge in [-0.3, -0.25) is 4.79 Å². The van der Waals surface area contributed by atoms with Gasteiger partial charge in [0, 0.05) is 18.8 Å². The number of nitrogens with zero attached hydrogens (tertiary/aromatic N) is 1. The predicted molar refractivity (Wildman–Crippen MR) is 88.7 cm³/mol. The maximum Gasteiger partial charge on any atom is 0.239 e. The predicted octanol–water partition coefficient (Wildman–Crippen LogP) is 3.43. The molecule has 2 atom stereocenters. The molecule has 0 radical (unpaired) electrons. The standard InChI is InChI=1S/C18H28N2O/c1-13-9-14(2)11-16(10-13)20(4)12-18(21)19-17-8-6-5-7-15(17)3/h9-11,15,17H,5-8,12H2,1-4H3,(H,19,21). The maximum absolute atomic E-state index is 12.3. The highest BCUT2D eigenvalue weighted by molar-refractivity contribution is 5.81. The van der Waals surface area contributed by atoms with E-state index in [1.165, 1.54) is 30.4 Å². The number of rotatable bonds is 4. The number of nitrogens with one attached hydrogen (secondary N) is 1. The van der Waals surface area contributed by atoms with Crippen molar-refractivity contribution in [2.45, 2.75) is 52.5 Å². The molecule has 1 aliphatic rings. The molecule has 1 amide bonds. The van der Waals surface area contributed by atoms with Crippen LogP contribution in [0.4, 0.5) is 5.69 Å². The fourth-order valence-electron chi connectivity index (χ4n) is 3.26. The van der Waals surface area contributed by atoms with Crippen molar-refractivity contribution in [1.29, 1.82) is 0 Å². The van der Waals surface area contributed by atoms with Crippen molar-refractivity contribution < 1.29 is 4.79 Å². The van der Waals surface area contributed by atoms with Crippen molar-refractivity contribution in [2.75, 3.05) is 18.5 Å². The Balaban J connectivity index is 1.92. The quantitative estimate of drug-likeness (QED) is 0.920. The van der Waals surface area contributed by atoms with Gasteiger partial charge < -0.3 is 10.2 Å². The molecular weight excluding hydrogens is 260 g/mol. The van der Waals surface area contributed by atoms with Gasteiger partial charge in [0.25, 0.3) is 0 Å². The van der Waals surface area contributed by atoms with Crippen LogP contribution in [0.25, 0.3) is 0 Å². The van der Waals surface area contributed by atoms with Crippen LogP contribution < -0.4 is 10.2 Å². The first-order chi connectivity index (χ1) is 9.95. The van der Waals surface area contributed by atoms with Crippen LogP contribution in [0.5, 0.6) is 0 Å². The fourth-order valence-corrected chi connectivity index (χ4v) is 3.26. The Morgan fingerprint density at radius 1 is 1.19 bits per heavy atom. The third-order valence-electron chi connectivity index (χ3n) is 4.49.